The van der Waals surface area contributed by atoms with Gasteiger partial charge in [-0.15, -0.1) is 0 Å². The van der Waals surface area contributed by atoms with Gasteiger partial charge in [0.2, 0.25) is 15.9 Å². The molecule has 8 heteroatoms. The van der Waals surface area contributed by atoms with Crippen molar-refractivity contribution < 1.29 is 13.2 Å². The van der Waals surface area contributed by atoms with Gasteiger partial charge >= 0.3 is 0 Å². The molecule has 3 aromatic carbocycles. The highest BCUT2D eigenvalue weighted by Gasteiger charge is 2.31. The number of amides is 1. The number of sulfonamides is 1. The zero-order chi connectivity index (χ0) is 24.1. The molecule has 6 nitrogen and oxygen atoms in total. The van der Waals surface area contributed by atoms with E-state index in [1.807, 2.05) is 55.5 Å². The van der Waals surface area contributed by atoms with E-state index in [-0.39, 0.29) is 17.2 Å². The molecule has 1 heterocycles. The summed E-state index contributed by atoms with van der Waals surface area (Å²) in [6.07, 6.45) is 0.277. The summed E-state index contributed by atoms with van der Waals surface area (Å²) in [6, 6.07) is 22.5. The van der Waals surface area contributed by atoms with E-state index in [1.54, 1.807) is 23.1 Å². The maximum Gasteiger partial charge on any atom is 0.241 e. The van der Waals surface area contributed by atoms with Gasteiger partial charge in [-0.05, 0) is 48.7 Å². The van der Waals surface area contributed by atoms with Crippen molar-refractivity contribution in [1.82, 2.24) is 9.62 Å². The summed E-state index contributed by atoms with van der Waals surface area (Å²) in [5, 5.41) is 0.678. The van der Waals surface area contributed by atoms with Gasteiger partial charge in [0.1, 0.15) is 6.04 Å². The van der Waals surface area contributed by atoms with E-state index in [2.05, 4.69) is 9.62 Å². The lowest BCUT2D eigenvalue weighted by Gasteiger charge is -2.38. The van der Waals surface area contributed by atoms with E-state index >= 15 is 0 Å². The lowest BCUT2D eigenvalue weighted by Crippen LogP contribution is -2.55. The zero-order valence-electron chi connectivity index (χ0n) is 19.0. The molecular weight excluding hydrogens is 470 g/mol. The van der Waals surface area contributed by atoms with Gasteiger partial charge in [-0.25, -0.2) is 8.42 Å². The van der Waals surface area contributed by atoms with Gasteiger partial charge in [0.05, 0.1) is 4.90 Å². The third-order valence-corrected chi connectivity index (χ3v) is 7.76. The number of hydrogen-bond acceptors (Lipinski definition) is 4. The lowest BCUT2D eigenvalue weighted by molar-refractivity contribution is -0.133. The molecule has 178 valence electrons. The molecule has 0 aromatic heterocycles. The van der Waals surface area contributed by atoms with Crippen LogP contribution in [0.3, 0.4) is 0 Å². The number of nitrogens with one attached hydrogen (secondary N) is 1. The molecule has 0 saturated carbocycles. The SMILES string of the molecule is Cc1ccc(Cl)cc1N1CCN(C(=O)C(Cc2ccccc2)NS(=O)(=O)c2ccccc2)CC1. The summed E-state index contributed by atoms with van der Waals surface area (Å²) in [5.41, 5.74) is 3.08. The number of nitrogens with zero attached hydrogens (tertiary/aromatic N) is 2. The summed E-state index contributed by atoms with van der Waals surface area (Å²) in [5.74, 6) is -0.217. The smallest absolute Gasteiger partial charge is 0.241 e. The Bertz CT molecular complexity index is 1230. The second-order valence-electron chi connectivity index (χ2n) is 8.42. The first-order valence-electron chi connectivity index (χ1n) is 11.2. The van der Waals surface area contributed by atoms with E-state index in [0.29, 0.717) is 31.2 Å². The summed E-state index contributed by atoms with van der Waals surface area (Å²) >= 11 is 6.19. The van der Waals surface area contributed by atoms with Gasteiger partial charge in [0.15, 0.2) is 0 Å². The monoisotopic (exact) mass is 497 g/mol. The first-order valence-corrected chi connectivity index (χ1v) is 13.1. The van der Waals surface area contributed by atoms with Crippen LogP contribution in [-0.2, 0) is 21.2 Å². The number of piperazine rings is 1. The maximum atomic E-state index is 13.5. The number of rotatable bonds is 7. The van der Waals surface area contributed by atoms with Crippen molar-refractivity contribution in [2.75, 3.05) is 31.1 Å². The Balaban J connectivity index is 1.51. The van der Waals surface area contributed by atoms with Crippen LogP contribution in [0.2, 0.25) is 5.02 Å². The van der Waals surface area contributed by atoms with Crippen LogP contribution in [0.1, 0.15) is 11.1 Å². The quantitative estimate of drug-likeness (QED) is 0.537. The fraction of sp³-hybridized carbons (Fsp3) is 0.269. The van der Waals surface area contributed by atoms with Crippen LogP contribution in [-0.4, -0.2) is 51.4 Å². The fourth-order valence-corrected chi connectivity index (χ4v) is 5.57. The molecule has 1 amide bonds. The Labute approximate surface area is 206 Å². The molecule has 1 fully saturated rings. The van der Waals surface area contributed by atoms with E-state index in [9.17, 15) is 13.2 Å². The number of anilines is 1. The summed E-state index contributed by atoms with van der Waals surface area (Å²) < 4.78 is 28.7. The van der Waals surface area contributed by atoms with Crippen molar-refractivity contribution in [3.8, 4) is 0 Å². The molecule has 0 spiro atoms. The van der Waals surface area contributed by atoms with E-state index in [1.165, 1.54) is 12.1 Å². The molecule has 0 bridgehead atoms. The topological polar surface area (TPSA) is 69.7 Å². The molecule has 1 saturated heterocycles. The first-order chi connectivity index (χ1) is 16.3. The van der Waals surface area contributed by atoms with Crippen molar-refractivity contribution in [2.45, 2.75) is 24.3 Å². The maximum absolute atomic E-state index is 13.5. The molecule has 4 rings (SSSR count). The molecule has 1 atom stereocenters. The summed E-state index contributed by atoms with van der Waals surface area (Å²) in [6.45, 7) is 4.34. The van der Waals surface area contributed by atoms with Crippen LogP contribution < -0.4 is 9.62 Å². The average molecular weight is 498 g/mol. The minimum Gasteiger partial charge on any atom is -0.368 e. The first kappa shape index (κ1) is 24.3. The van der Waals surface area contributed by atoms with Crippen molar-refractivity contribution in [1.29, 1.82) is 0 Å². The van der Waals surface area contributed by atoms with Gasteiger partial charge < -0.3 is 9.80 Å². The van der Waals surface area contributed by atoms with Crippen LogP contribution in [0.15, 0.2) is 83.8 Å². The van der Waals surface area contributed by atoms with Gasteiger partial charge in [0.25, 0.3) is 0 Å². The Morgan fingerprint density at radius 2 is 1.56 bits per heavy atom. The second-order valence-corrected chi connectivity index (χ2v) is 10.6. The second kappa shape index (κ2) is 10.6. The van der Waals surface area contributed by atoms with Crippen LogP contribution in [0.5, 0.6) is 0 Å². The van der Waals surface area contributed by atoms with Gasteiger partial charge in [0, 0.05) is 36.9 Å². The van der Waals surface area contributed by atoms with Crippen molar-refractivity contribution in [2.24, 2.45) is 0 Å². The van der Waals surface area contributed by atoms with Crippen LogP contribution in [0, 0.1) is 6.92 Å². The van der Waals surface area contributed by atoms with E-state index < -0.39 is 16.1 Å². The third kappa shape index (κ3) is 5.78. The largest absolute Gasteiger partial charge is 0.368 e. The Kier molecular flexibility index (Phi) is 7.56. The highest BCUT2D eigenvalue weighted by atomic mass is 35.5. The standard InChI is InChI=1S/C26H28ClN3O3S/c1-20-12-13-22(27)19-25(20)29-14-16-30(17-15-29)26(31)24(18-21-8-4-2-5-9-21)28-34(32,33)23-10-6-3-7-11-23/h2-13,19,24,28H,14-18H2,1H3. The van der Waals surface area contributed by atoms with Crippen molar-refractivity contribution in [3.63, 3.8) is 0 Å². The number of hydrogen-bond donors (Lipinski definition) is 1. The number of halogens is 1. The number of benzene rings is 3. The number of carbonyl (C=O) groups excluding carboxylic acids is 1. The Morgan fingerprint density at radius 1 is 0.941 bits per heavy atom. The number of carbonyl (C=O) groups is 1. The predicted octanol–water partition coefficient (Wildman–Crippen LogP) is 3.89. The lowest BCUT2D eigenvalue weighted by atomic mass is 10.1. The molecular formula is C26H28ClN3O3S. The Hall–Kier alpha value is -2.87. The highest BCUT2D eigenvalue weighted by Crippen LogP contribution is 2.25. The van der Waals surface area contributed by atoms with E-state index in [0.717, 1.165) is 16.8 Å². The normalized spacial score (nSPS) is 15.2. The van der Waals surface area contributed by atoms with Crippen LogP contribution in [0.4, 0.5) is 5.69 Å². The van der Waals surface area contributed by atoms with Gasteiger partial charge in [-0.1, -0.05) is 66.2 Å². The summed E-state index contributed by atoms with van der Waals surface area (Å²) in [7, 11) is -3.85. The van der Waals surface area contributed by atoms with Crippen LogP contribution >= 0.6 is 11.6 Å². The predicted molar refractivity (Wildman–Crippen MR) is 136 cm³/mol. The van der Waals surface area contributed by atoms with Gasteiger partial charge in [-0.2, -0.15) is 4.72 Å². The molecule has 0 aliphatic carbocycles. The molecule has 1 aliphatic heterocycles. The fourth-order valence-electron chi connectivity index (χ4n) is 4.20. The van der Waals surface area contributed by atoms with Gasteiger partial charge in [-0.3, -0.25) is 4.79 Å². The number of aryl methyl sites for hydroxylation is 1. The average Bonchev–Trinajstić information content (AvgIpc) is 2.86. The summed E-state index contributed by atoms with van der Waals surface area (Å²) in [4.78, 5) is 17.6. The third-order valence-electron chi connectivity index (χ3n) is 6.03. The minimum absolute atomic E-state index is 0.141. The zero-order valence-corrected chi connectivity index (χ0v) is 20.6. The molecule has 1 unspecified atom stereocenters. The van der Waals surface area contributed by atoms with E-state index in [4.69, 9.17) is 11.6 Å². The highest BCUT2D eigenvalue weighted by molar-refractivity contribution is 7.89. The van der Waals surface area contributed by atoms with Crippen LogP contribution in [0.25, 0.3) is 0 Å². The molecule has 0 radical (unpaired) electrons. The molecule has 34 heavy (non-hydrogen) atoms. The molecule has 1 aliphatic rings. The Morgan fingerprint density at radius 3 is 2.21 bits per heavy atom. The molecule has 3 aromatic rings. The van der Waals surface area contributed by atoms with Crippen molar-refractivity contribution >= 4 is 33.2 Å². The minimum atomic E-state index is -3.85. The molecule has 1 N–H and O–H groups in total. The van der Waals surface area contributed by atoms with Crippen molar-refractivity contribution in [3.05, 3.63) is 95.0 Å².